The van der Waals surface area contributed by atoms with Gasteiger partial charge in [-0.25, -0.2) is 0 Å². The molecule has 0 N–H and O–H groups in total. The van der Waals surface area contributed by atoms with Gasteiger partial charge in [0.05, 0.1) is 24.2 Å². The highest BCUT2D eigenvalue weighted by molar-refractivity contribution is 8.03. The van der Waals surface area contributed by atoms with E-state index in [1.165, 1.54) is 23.5 Å². The van der Waals surface area contributed by atoms with E-state index in [1.54, 1.807) is 18.7 Å². The first-order valence-corrected chi connectivity index (χ1v) is 12.1. The van der Waals surface area contributed by atoms with Crippen LogP contribution in [0.5, 0.6) is 0 Å². The van der Waals surface area contributed by atoms with Crippen molar-refractivity contribution in [3.8, 4) is 17.5 Å². The molecule has 0 unspecified atom stereocenters. The summed E-state index contributed by atoms with van der Waals surface area (Å²) >= 11 is 2.68. The summed E-state index contributed by atoms with van der Waals surface area (Å²) in [5, 5.41) is 19.6. The molecular weight excluding hydrogens is 468 g/mol. The third-order valence-corrected chi connectivity index (χ3v) is 7.41. The fourth-order valence-electron chi connectivity index (χ4n) is 3.56. The number of anilines is 1. The molecule has 1 aliphatic rings. The second kappa shape index (κ2) is 9.59. The van der Waals surface area contributed by atoms with E-state index in [-0.39, 0.29) is 17.1 Å². The average molecular weight is 487 g/mol. The Kier molecular flexibility index (Phi) is 6.20. The Hall–Kier alpha value is -3.81. The third kappa shape index (κ3) is 4.23. The van der Waals surface area contributed by atoms with E-state index in [2.05, 4.69) is 21.3 Å². The van der Waals surface area contributed by atoms with Crippen molar-refractivity contribution in [2.24, 2.45) is 0 Å². The van der Waals surface area contributed by atoms with Crippen molar-refractivity contribution in [3.05, 3.63) is 83.6 Å². The molecule has 34 heavy (non-hydrogen) atoms. The van der Waals surface area contributed by atoms with Gasteiger partial charge in [0, 0.05) is 29.9 Å². The number of nitrogens with zero attached hydrogens (tertiary/aromatic N) is 6. The number of fused-ring (bicyclic) bond motifs is 1. The van der Waals surface area contributed by atoms with Crippen molar-refractivity contribution in [1.29, 1.82) is 5.26 Å². The first kappa shape index (κ1) is 22.0. The molecule has 4 heterocycles. The van der Waals surface area contributed by atoms with Crippen LogP contribution in [0.2, 0.25) is 0 Å². The van der Waals surface area contributed by atoms with E-state index in [1.807, 2.05) is 65.0 Å². The van der Waals surface area contributed by atoms with Gasteiger partial charge in [-0.15, -0.1) is 10.2 Å². The molecule has 0 atom stereocenters. The molecule has 0 radical (unpaired) electrons. The number of hydrogen-bond donors (Lipinski definition) is 0. The van der Waals surface area contributed by atoms with Crippen LogP contribution in [0.1, 0.15) is 5.76 Å². The molecular formula is C24H18N6O2S2. The van der Waals surface area contributed by atoms with Gasteiger partial charge < -0.3 is 9.32 Å². The first-order valence-electron chi connectivity index (χ1n) is 10.3. The smallest absolute Gasteiger partial charge is 0.192 e. The standard InChI is InChI=1S/C24H18N6O2S2/c1-29-19-8-2-3-9-21(19)34-23(29)18(12-25)20(31)15-33-24-28-27-22(16-6-4-10-26-13-16)30(24)14-17-7-5-11-32-17/h2-11,13H,14-15H2,1H3/b23-18-. The van der Waals surface area contributed by atoms with Crippen LogP contribution in [0.3, 0.4) is 0 Å². The number of thioether (sulfide) groups is 2. The Bertz CT molecular complexity index is 1410. The molecule has 4 aromatic rings. The lowest BCUT2D eigenvalue weighted by molar-refractivity contribution is -0.112. The maximum absolute atomic E-state index is 13.1. The van der Waals surface area contributed by atoms with Gasteiger partial charge in [0.25, 0.3) is 0 Å². The zero-order valence-corrected chi connectivity index (χ0v) is 19.7. The number of furan rings is 1. The first-order chi connectivity index (χ1) is 16.7. The van der Waals surface area contributed by atoms with E-state index in [4.69, 9.17) is 4.42 Å². The van der Waals surface area contributed by atoms with Crippen LogP contribution in [0.4, 0.5) is 5.69 Å². The lowest BCUT2D eigenvalue weighted by Gasteiger charge is -2.14. The van der Waals surface area contributed by atoms with E-state index in [0.717, 1.165) is 21.9 Å². The largest absolute Gasteiger partial charge is 0.467 e. The molecule has 1 aromatic carbocycles. The second-order valence-electron chi connectivity index (χ2n) is 7.35. The lowest BCUT2D eigenvalue weighted by Crippen LogP contribution is -2.16. The number of hydrogen-bond acceptors (Lipinski definition) is 9. The number of pyridine rings is 1. The lowest BCUT2D eigenvalue weighted by atomic mass is 10.2. The molecule has 1 aliphatic heterocycles. The fraction of sp³-hybridized carbons (Fsp3) is 0.125. The summed E-state index contributed by atoms with van der Waals surface area (Å²) in [6.45, 7) is 0.404. The number of nitriles is 1. The zero-order chi connectivity index (χ0) is 23.5. The number of carbonyl (C=O) groups is 1. The topological polar surface area (TPSA) is 101 Å². The normalized spacial score (nSPS) is 14.1. The molecule has 0 aliphatic carbocycles. The van der Waals surface area contributed by atoms with Crippen LogP contribution in [-0.2, 0) is 11.3 Å². The number of aromatic nitrogens is 4. The second-order valence-corrected chi connectivity index (χ2v) is 9.32. The van der Waals surface area contributed by atoms with Gasteiger partial charge in [0.15, 0.2) is 16.8 Å². The highest BCUT2D eigenvalue weighted by Crippen LogP contribution is 2.46. The summed E-state index contributed by atoms with van der Waals surface area (Å²) in [7, 11) is 1.87. The van der Waals surface area contributed by atoms with Crippen LogP contribution in [0.25, 0.3) is 11.4 Å². The van der Waals surface area contributed by atoms with Gasteiger partial charge in [0.2, 0.25) is 0 Å². The summed E-state index contributed by atoms with van der Waals surface area (Å²) in [4.78, 5) is 20.2. The van der Waals surface area contributed by atoms with Gasteiger partial charge in [0.1, 0.15) is 22.4 Å². The summed E-state index contributed by atoms with van der Waals surface area (Å²) in [6.07, 6.45) is 5.02. The van der Waals surface area contributed by atoms with Crippen LogP contribution >= 0.6 is 23.5 Å². The molecule has 5 rings (SSSR count). The van der Waals surface area contributed by atoms with E-state index in [9.17, 15) is 10.1 Å². The van der Waals surface area contributed by atoms with E-state index < -0.39 is 0 Å². The Balaban J connectivity index is 1.40. The highest BCUT2D eigenvalue weighted by Gasteiger charge is 2.28. The van der Waals surface area contributed by atoms with Crippen molar-refractivity contribution in [3.63, 3.8) is 0 Å². The van der Waals surface area contributed by atoms with Crippen molar-refractivity contribution >= 4 is 35.0 Å². The molecule has 0 fully saturated rings. The molecule has 10 heteroatoms. The fourth-order valence-corrected chi connectivity index (χ4v) is 5.53. The van der Waals surface area contributed by atoms with Crippen LogP contribution in [0.15, 0.2) is 92.3 Å². The molecule has 0 spiro atoms. The number of carbonyl (C=O) groups excluding carboxylic acids is 1. The highest BCUT2D eigenvalue weighted by atomic mass is 32.2. The number of ketones is 1. The Morgan fingerprint density at radius 1 is 1.18 bits per heavy atom. The number of para-hydroxylation sites is 1. The molecule has 168 valence electrons. The predicted molar refractivity (Wildman–Crippen MR) is 130 cm³/mol. The molecule has 8 nitrogen and oxygen atoms in total. The molecule has 3 aromatic heterocycles. The maximum Gasteiger partial charge on any atom is 0.192 e. The van der Waals surface area contributed by atoms with Gasteiger partial charge in [-0.2, -0.15) is 5.26 Å². The number of allylic oxidation sites excluding steroid dienone is 1. The number of rotatable bonds is 7. The molecule has 0 saturated carbocycles. The predicted octanol–water partition coefficient (Wildman–Crippen LogP) is 4.62. The minimum absolute atomic E-state index is 0.0560. The Labute approximate surface area is 204 Å². The van der Waals surface area contributed by atoms with Gasteiger partial charge in [-0.3, -0.25) is 14.3 Å². The summed E-state index contributed by atoms with van der Waals surface area (Å²) in [6, 6.07) is 17.4. The average Bonchev–Trinajstić information content (AvgIpc) is 3.60. The minimum Gasteiger partial charge on any atom is -0.467 e. The number of Topliss-reactive ketones (excluding diaryl/α,β-unsaturated/α-hetero) is 1. The Morgan fingerprint density at radius 3 is 2.79 bits per heavy atom. The van der Waals surface area contributed by atoms with Crippen molar-refractivity contribution in [1.82, 2.24) is 19.7 Å². The molecule has 0 amide bonds. The summed E-state index contributed by atoms with van der Waals surface area (Å²) < 4.78 is 7.41. The Morgan fingerprint density at radius 2 is 2.06 bits per heavy atom. The van der Waals surface area contributed by atoms with E-state index in [0.29, 0.717) is 22.6 Å². The van der Waals surface area contributed by atoms with Crippen molar-refractivity contribution in [2.45, 2.75) is 16.6 Å². The van der Waals surface area contributed by atoms with Crippen molar-refractivity contribution in [2.75, 3.05) is 17.7 Å². The van der Waals surface area contributed by atoms with Gasteiger partial charge in [-0.05, 0) is 36.4 Å². The zero-order valence-electron chi connectivity index (χ0n) is 18.1. The van der Waals surface area contributed by atoms with E-state index >= 15 is 0 Å². The summed E-state index contributed by atoms with van der Waals surface area (Å²) in [5.74, 6) is 1.16. The van der Waals surface area contributed by atoms with Crippen LogP contribution in [-0.4, -0.2) is 38.3 Å². The SMILES string of the molecule is CN1/C(=C(\C#N)C(=O)CSc2nnc(-c3cccnc3)n2Cc2ccco2)Sc2ccccc21. The minimum atomic E-state index is -0.259. The molecule has 0 bridgehead atoms. The number of benzene rings is 1. The van der Waals surface area contributed by atoms with Gasteiger partial charge in [-0.1, -0.05) is 35.7 Å². The quantitative estimate of drug-likeness (QED) is 0.210. The van der Waals surface area contributed by atoms with Gasteiger partial charge >= 0.3 is 0 Å². The molecule has 0 saturated heterocycles. The summed E-state index contributed by atoms with van der Waals surface area (Å²) in [5.41, 5.74) is 1.93. The third-order valence-electron chi connectivity index (χ3n) is 5.21. The van der Waals surface area contributed by atoms with Crippen molar-refractivity contribution < 1.29 is 9.21 Å². The van der Waals surface area contributed by atoms with Crippen LogP contribution in [0, 0.1) is 11.3 Å². The monoisotopic (exact) mass is 486 g/mol. The maximum atomic E-state index is 13.1. The van der Waals surface area contributed by atoms with Crippen LogP contribution < -0.4 is 4.90 Å².